The third-order valence-corrected chi connectivity index (χ3v) is 7.07. The van der Waals surface area contributed by atoms with Crippen LogP contribution in [-0.2, 0) is 16.4 Å². The Hall–Kier alpha value is -1.64. The van der Waals surface area contributed by atoms with E-state index in [0.717, 1.165) is 11.3 Å². The number of carbonyl (C=O) groups is 1. The Morgan fingerprint density at radius 2 is 2.07 bits per heavy atom. The molecule has 1 atom stereocenters. The summed E-state index contributed by atoms with van der Waals surface area (Å²) in [5.41, 5.74) is 1.03. The molecule has 0 aliphatic carbocycles. The molecule has 1 aliphatic rings. The van der Waals surface area contributed by atoms with Gasteiger partial charge in [-0.15, -0.1) is 0 Å². The van der Waals surface area contributed by atoms with Gasteiger partial charge in [-0.2, -0.15) is 0 Å². The van der Waals surface area contributed by atoms with Crippen LogP contribution in [0.4, 0.5) is 0 Å². The summed E-state index contributed by atoms with van der Waals surface area (Å²) in [4.78, 5) is 23.3. The smallest absolute Gasteiger partial charge is 0.274 e. The van der Waals surface area contributed by atoms with E-state index >= 15 is 0 Å². The van der Waals surface area contributed by atoms with Crippen molar-refractivity contribution in [1.82, 2.24) is 14.9 Å². The fraction of sp³-hybridized carbons (Fsp3) is 0.389. The normalized spacial score (nSPS) is 18.4. The summed E-state index contributed by atoms with van der Waals surface area (Å²) < 4.78 is 23.9. The highest BCUT2D eigenvalue weighted by molar-refractivity contribution is 7.99. The lowest BCUT2D eigenvalue weighted by Gasteiger charge is -2.28. The summed E-state index contributed by atoms with van der Waals surface area (Å²) in [7, 11) is -3.14. The van der Waals surface area contributed by atoms with Gasteiger partial charge in [0.2, 0.25) is 0 Å². The van der Waals surface area contributed by atoms with Gasteiger partial charge in [0, 0.05) is 12.6 Å². The quantitative estimate of drug-likeness (QED) is 0.522. The maximum absolute atomic E-state index is 13.3. The van der Waals surface area contributed by atoms with Gasteiger partial charge in [0.15, 0.2) is 20.7 Å². The molecule has 3 rings (SSSR count). The molecule has 0 saturated carbocycles. The van der Waals surface area contributed by atoms with E-state index < -0.39 is 15.9 Å². The lowest BCUT2D eigenvalue weighted by molar-refractivity contribution is 0.0674. The molecule has 0 N–H and O–H groups in total. The van der Waals surface area contributed by atoms with Crippen LogP contribution in [-0.4, -0.2) is 52.5 Å². The predicted molar refractivity (Wildman–Crippen MR) is 107 cm³/mol. The van der Waals surface area contributed by atoms with Crippen LogP contribution in [0.1, 0.15) is 29.4 Å². The predicted octanol–water partition coefficient (Wildman–Crippen LogP) is 3.07. The lowest BCUT2D eigenvalue weighted by atomic mass is 10.1. The molecule has 1 fully saturated rings. The molecule has 1 aromatic heterocycles. The van der Waals surface area contributed by atoms with Crippen LogP contribution in [0.15, 0.2) is 41.7 Å². The summed E-state index contributed by atoms with van der Waals surface area (Å²) in [6, 6.07) is 9.09. The fourth-order valence-corrected chi connectivity index (χ4v) is 5.45. The second-order valence-corrected chi connectivity index (χ2v) is 10.1. The molecule has 1 aliphatic heterocycles. The Kier molecular flexibility index (Phi) is 6.39. The van der Waals surface area contributed by atoms with Crippen molar-refractivity contribution >= 4 is 39.1 Å². The minimum atomic E-state index is -3.14. The van der Waals surface area contributed by atoms with E-state index in [-0.39, 0.29) is 28.1 Å². The van der Waals surface area contributed by atoms with Crippen molar-refractivity contribution in [2.75, 3.05) is 17.3 Å². The molecular weight excluding hydrogens is 406 g/mol. The van der Waals surface area contributed by atoms with Gasteiger partial charge >= 0.3 is 0 Å². The standard InChI is InChI=1S/C18H20ClN3O3S2/c1-2-26-18-20-10-15(19)16(21-18)17(23)22(11-13-6-4-3-5-7-13)14-8-9-27(24,25)12-14/h3-7,10,14H,2,8-9,11-12H2,1H3. The molecule has 1 amide bonds. The zero-order chi connectivity index (χ0) is 19.4. The fourth-order valence-electron chi connectivity index (χ4n) is 3.00. The van der Waals surface area contributed by atoms with E-state index in [1.807, 2.05) is 37.3 Å². The molecule has 144 valence electrons. The van der Waals surface area contributed by atoms with Crippen molar-refractivity contribution in [3.63, 3.8) is 0 Å². The third-order valence-electron chi connectivity index (χ3n) is 4.30. The van der Waals surface area contributed by atoms with Gasteiger partial charge in [-0.3, -0.25) is 4.79 Å². The van der Waals surface area contributed by atoms with Crippen LogP contribution < -0.4 is 0 Å². The zero-order valence-corrected chi connectivity index (χ0v) is 17.2. The van der Waals surface area contributed by atoms with Gasteiger partial charge in [0.1, 0.15) is 0 Å². The maximum atomic E-state index is 13.3. The highest BCUT2D eigenvalue weighted by atomic mass is 35.5. The Morgan fingerprint density at radius 1 is 1.33 bits per heavy atom. The first-order valence-electron chi connectivity index (χ1n) is 8.60. The van der Waals surface area contributed by atoms with Crippen molar-refractivity contribution in [1.29, 1.82) is 0 Å². The number of rotatable bonds is 6. The van der Waals surface area contributed by atoms with Crippen LogP contribution >= 0.6 is 23.4 Å². The van der Waals surface area contributed by atoms with Gasteiger partial charge in [0.05, 0.1) is 22.7 Å². The number of hydrogen-bond donors (Lipinski definition) is 0. The number of amides is 1. The van der Waals surface area contributed by atoms with Crippen molar-refractivity contribution in [2.24, 2.45) is 0 Å². The maximum Gasteiger partial charge on any atom is 0.274 e. The van der Waals surface area contributed by atoms with Crippen molar-refractivity contribution in [2.45, 2.75) is 31.1 Å². The summed E-state index contributed by atoms with van der Waals surface area (Å²) in [6.45, 7) is 2.27. The van der Waals surface area contributed by atoms with E-state index in [0.29, 0.717) is 18.1 Å². The molecule has 1 unspecified atom stereocenters. The lowest BCUT2D eigenvalue weighted by Crippen LogP contribution is -2.41. The molecule has 0 bridgehead atoms. The molecule has 9 heteroatoms. The molecule has 1 aromatic carbocycles. The third kappa shape index (κ3) is 5.00. The Morgan fingerprint density at radius 3 is 2.70 bits per heavy atom. The van der Waals surface area contributed by atoms with Gasteiger partial charge in [-0.05, 0) is 17.7 Å². The molecular formula is C18H20ClN3O3S2. The molecule has 6 nitrogen and oxygen atoms in total. The minimum Gasteiger partial charge on any atom is -0.329 e. The van der Waals surface area contributed by atoms with E-state index in [1.54, 1.807) is 4.90 Å². The molecule has 2 heterocycles. The van der Waals surface area contributed by atoms with Crippen LogP contribution in [0.25, 0.3) is 0 Å². The highest BCUT2D eigenvalue weighted by Gasteiger charge is 2.36. The van der Waals surface area contributed by atoms with Crippen LogP contribution in [0.3, 0.4) is 0 Å². The summed E-state index contributed by atoms with van der Waals surface area (Å²) in [6.07, 6.45) is 1.84. The Balaban J connectivity index is 1.94. The van der Waals surface area contributed by atoms with Gasteiger partial charge < -0.3 is 4.90 Å². The van der Waals surface area contributed by atoms with Gasteiger partial charge in [-0.25, -0.2) is 18.4 Å². The number of thioether (sulfide) groups is 1. The first-order chi connectivity index (χ1) is 12.9. The second kappa shape index (κ2) is 8.58. The topological polar surface area (TPSA) is 80.2 Å². The summed E-state index contributed by atoms with van der Waals surface area (Å²) in [5, 5.41) is 0.642. The summed E-state index contributed by atoms with van der Waals surface area (Å²) >= 11 is 7.62. The van der Waals surface area contributed by atoms with Crippen molar-refractivity contribution in [3.8, 4) is 0 Å². The number of aromatic nitrogens is 2. The average Bonchev–Trinajstić information content (AvgIpc) is 3.01. The zero-order valence-electron chi connectivity index (χ0n) is 14.8. The second-order valence-electron chi connectivity index (χ2n) is 6.26. The molecule has 0 radical (unpaired) electrons. The number of sulfone groups is 1. The SMILES string of the molecule is CCSc1ncc(Cl)c(C(=O)N(Cc2ccccc2)C2CCS(=O)(=O)C2)n1. The van der Waals surface area contributed by atoms with E-state index in [4.69, 9.17) is 11.6 Å². The monoisotopic (exact) mass is 425 g/mol. The Bertz CT molecular complexity index is 923. The highest BCUT2D eigenvalue weighted by Crippen LogP contribution is 2.25. The van der Waals surface area contributed by atoms with Gasteiger partial charge in [-0.1, -0.05) is 60.6 Å². The molecule has 0 spiro atoms. The van der Waals surface area contributed by atoms with Crippen LogP contribution in [0.2, 0.25) is 5.02 Å². The Labute approximate surface area is 168 Å². The van der Waals surface area contributed by atoms with Crippen molar-refractivity contribution in [3.05, 3.63) is 52.8 Å². The molecule has 2 aromatic rings. The number of hydrogen-bond acceptors (Lipinski definition) is 6. The van der Waals surface area contributed by atoms with E-state index in [2.05, 4.69) is 9.97 Å². The number of carbonyl (C=O) groups excluding carboxylic acids is 1. The summed E-state index contributed by atoms with van der Waals surface area (Å²) in [5.74, 6) is 0.450. The molecule has 1 saturated heterocycles. The van der Waals surface area contributed by atoms with E-state index in [1.165, 1.54) is 18.0 Å². The number of halogens is 1. The van der Waals surface area contributed by atoms with Crippen molar-refractivity contribution < 1.29 is 13.2 Å². The van der Waals surface area contributed by atoms with Gasteiger partial charge in [0.25, 0.3) is 5.91 Å². The van der Waals surface area contributed by atoms with Crippen LogP contribution in [0, 0.1) is 0 Å². The minimum absolute atomic E-state index is 0.0369. The number of nitrogens with zero attached hydrogens (tertiary/aromatic N) is 3. The molecule has 27 heavy (non-hydrogen) atoms. The van der Waals surface area contributed by atoms with E-state index in [9.17, 15) is 13.2 Å². The number of benzene rings is 1. The first-order valence-corrected chi connectivity index (χ1v) is 11.8. The van der Waals surface area contributed by atoms with Crippen LogP contribution in [0.5, 0.6) is 0 Å². The largest absolute Gasteiger partial charge is 0.329 e. The first kappa shape index (κ1) is 20.1. The average molecular weight is 426 g/mol.